The number of carbonyl (C=O) groups excluding carboxylic acids is 3. The summed E-state index contributed by atoms with van der Waals surface area (Å²) in [5.41, 5.74) is 3.04. The molecular formula is C24H19ClN2O3. The van der Waals surface area contributed by atoms with Gasteiger partial charge >= 0.3 is 0 Å². The molecule has 6 heteroatoms. The quantitative estimate of drug-likeness (QED) is 0.694. The maximum absolute atomic E-state index is 13.5. The van der Waals surface area contributed by atoms with Crippen molar-refractivity contribution in [1.29, 1.82) is 0 Å². The molecule has 2 aromatic rings. The number of benzene rings is 1. The Balaban J connectivity index is 1.76. The van der Waals surface area contributed by atoms with Crippen LogP contribution >= 0.6 is 11.6 Å². The first kappa shape index (κ1) is 18.9. The van der Waals surface area contributed by atoms with Gasteiger partial charge in [0, 0.05) is 46.5 Å². The highest BCUT2D eigenvalue weighted by atomic mass is 35.5. The number of ketones is 3. The molecule has 1 aliphatic heterocycles. The molecule has 0 fully saturated rings. The third kappa shape index (κ3) is 2.76. The van der Waals surface area contributed by atoms with Crippen LogP contribution in [-0.2, 0) is 4.79 Å². The van der Waals surface area contributed by atoms with E-state index in [0.29, 0.717) is 45.8 Å². The van der Waals surface area contributed by atoms with Crippen molar-refractivity contribution in [1.82, 2.24) is 10.3 Å². The summed E-state index contributed by atoms with van der Waals surface area (Å²) in [6.45, 7) is 4.06. The van der Waals surface area contributed by atoms with Gasteiger partial charge in [-0.3, -0.25) is 14.4 Å². The zero-order chi connectivity index (χ0) is 21.2. The predicted molar refractivity (Wildman–Crippen MR) is 112 cm³/mol. The van der Waals surface area contributed by atoms with Crippen LogP contribution in [0.3, 0.4) is 0 Å². The number of nitrogens with one attached hydrogen (secondary N) is 1. The summed E-state index contributed by atoms with van der Waals surface area (Å²) in [7, 11) is 0. The van der Waals surface area contributed by atoms with Crippen molar-refractivity contribution >= 4 is 29.0 Å². The number of hydrogen-bond donors (Lipinski definition) is 1. The Kier molecular flexibility index (Phi) is 4.09. The first-order chi connectivity index (χ1) is 14.3. The molecule has 0 radical (unpaired) electrons. The molecule has 1 aromatic carbocycles. The van der Waals surface area contributed by atoms with E-state index in [1.165, 1.54) is 0 Å². The smallest absolute Gasteiger partial charge is 0.210 e. The molecule has 1 N–H and O–H groups in total. The van der Waals surface area contributed by atoms with E-state index in [-0.39, 0.29) is 28.5 Å². The number of dihydropyridines is 1. The number of hydrogen-bond acceptors (Lipinski definition) is 5. The van der Waals surface area contributed by atoms with E-state index in [1.807, 2.05) is 13.8 Å². The van der Waals surface area contributed by atoms with Crippen molar-refractivity contribution in [3.05, 3.63) is 87.0 Å². The minimum absolute atomic E-state index is 0.0145. The highest BCUT2D eigenvalue weighted by Crippen LogP contribution is 2.48. The van der Waals surface area contributed by atoms with Gasteiger partial charge in [-0.1, -0.05) is 55.8 Å². The number of carbonyl (C=O) groups is 3. The summed E-state index contributed by atoms with van der Waals surface area (Å²) in [6, 6.07) is 10.2. The van der Waals surface area contributed by atoms with E-state index >= 15 is 0 Å². The molecule has 3 aliphatic rings. The Morgan fingerprint density at radius 3 is 2.33 bits per heavy atom. The second-order valence-corrected chi connectivity index (χ2v) is 9.19. The fraction of sp³-hybridized carbons (Fsp3) is 0.250. The van der Waals surface area contributed by atoms with Gasteiger partial charge in [-0.25, -0.2) is 4.98 Å². The van der Waals surface area contributed by atoms with Gasteiger partial charge in [-0.15, -0.1) is 0 Å². The van der Waals surface area contributed by atoms with Gasteiger partial charge in [0.2, 0.25) is 5.78 Å². The van der Waals surface area contributed by atoms with Crippen molar-refractivity contribution < 1.29 is 14.4 Å². The summed E-state index contributed by atoms with van der Waals surface area (Å²) in [4.78, 5) is 44.3. The predicted octanol–water partition coefficient (Wildman–Crippen LogP) is 4.40. The third-order valence-electron chi connectivity index (χ3n) is 6.01. The highest BCUT2D eigenvalue weighted by Gasteiger charge is 2.47. The molecule has 5 nitrogen and oxygen atoms in total. The number of rotatable bonds is 1. The molecular weight excluding hydrogens is 400 g/mol. The summed E-state index contributed by atoms with van der Waals surface area (Å²) < 4.78 is 0. The van der Waals surface area contributed by atoms with E-state index < -0.39 is 5.92 Å². The molecule has 0 bridgehead atoms. The fourth-order valence-electron chi connectivity index (χ4n) is 4.76. The lowest BCUT2D eigenvalue weighted by molar-refractivity contribution is -0.118. The lowest BCUT2D eigenvalue weighted by Crippen LogP contribution is -2.42. The number of fused-ring (bicyclic) bond motifs is 1. The summed E-state index contributed by atoms with van der Waals surface area (Å²) >= 11 is 5.97. The number of Topliss-reactive ketones (excluding diaryl/α,β-unsaturated/α-hetero) is 3. The van der Waals surface area contributed by atoms with Crippen molar-refractivity contribution in [3.63, 3.8) is 0 Å². The van der Waals surface area contributed by atoms with Crippen molar-refractivity contribution in [3.8, 4) is 0 Å². The number of aromatic nitrogens is 1. The molecule has 0 amide bonds. The average Bonchev–Trinajstić information content (AvgIpc) is 2.70. The van der Waals surface area contributed by atoms with Gasteiger partial charge in [-0.2, -0.15) is 0 Å². The van der Waals surface area contributed by atoms with Crippen molar-refractivity contribution in [2.75, 3.05) is 0 Å². The standard InChI is InChI=1S/C24H19ClN2O3/c1-24(2)9-15-19(16(28)10-24)18(12-7-8-17(25)26-11-12)20-21(27-15)23(30)14-6-4-3-5-13(14)22(20)29/h3-8,11,18,27H,9-10H2,1-2H3. The van der Waals surface area contributed by atoms with Crippen LogP contribution in [0.15, 0.2) is 65.1 Å². The maximum Gasteiger partial charge on any atom is 0.210 e. The van der Waals surface area contributed by atoms with E-state index in [9.17, 15) is 14.4 Å². The molecule has 0 saturated carbocycles. The SMILES string of the molecule is CC1(C)CC(=O)C2=C(C1)NC1=C(C(=O)c3ccccc3C1=O)C2c1ccc(Cl)nc1. The van der Waals surface area contributed by atoms with Crippen LogP contribution in [0, 0.1) is 5.41 Å². The molecule has 30 heavy (non-hydrogen) atoms. The maximum atomic E-state index is 13.5. The Hall–Kier alpha value is -3.05. The van der Waals surface area contributed by atoms with Crippen LogP contribution < -0.4 is 5.32 Å². The zero-order valence-electron chi connectivity index (χ0n) is 16.6. The minimum atomic E-state index is -0.644. The topological polar surface area (TPSA) is 76.1 Å². The van der Waals surface area contributed by atoms with E-state index in [0.717, 1.165) is 5.70 Å². The fourth-order valence-corrected chi connectivity index (χ4v) is 4.87. The molecule has 1 unspecified atom stereocenters. The lowest BCUT2D eigenvalue weighted by atomic mass is 9.66. The second kappa shape index (κ2) is 6.47. The second-order valence-electron chi connectivity index (χ2n) is 8.80. The Bertz CT molecular complexity index is 1210. The average molecular weight is 419 g/mol. The molecule has 2 heterocycles. The molecule has 1 atom stereocenters. The van der Waals surface area contributed by atoms with Crippen LogP contribution in [0.1, 0.15) is 58.9 Å². The van der Waals surface area contributed by atoms with E-state index in [1.54, 1.807) is 42.6 Å². The first-order valence-corrected chi connectivity index (χ1v) is 10.2. The van der Waals surface area contributed by atoms with Crippen LogP contribution in [-0.4, -0.2) is 22.3 Å². The van der Waals surface area contributed by atoms with E-state index in [4.69, 9.17) is 11.6 Å². The molecule has 0 spiro atoms. The van der Waals surface area contributed by atoms with Crippen LogP contribution in [0.2, 0.25) is 5.15 Å². The van der Waals surface area contributed by atoms with Crippen LogP contribution in [0.25, 0.3) is 0 Å². The van der Waals surface area contributed by atoms with Crippen molar-refractivity contribution in [2.24, 2.45) is 5.41 Å². The summed E-state index contributed by atoms with van der Waals surface area (Å²) in [6.07, 6.45) is 2.58. The molecule has 150 valence electrons. The van der Waals surface area contributed by atoms with Gasteiger partial charge in [0.15, 0.2) is 11.6 Å². The highest BCUT2D eigenvalue weighted by molar-refractivity contribution is 6.29. The normalized spacial score (nSPS) is 22.4. The Morgan fingerprint density at radius 2 is 1.67 bits per heavy atom. The van der Waals surface area contributed by atoms with Gasteiger partial charge < -0.3 is 5.32 Å². The van der Waals surface area contributed by atoms with Crippen LogP contribution in [0.4, 0.5) is 0 Å². The minimum Gasteiger partial charge on any atom is -0.355 e. The summed E-state index contributed by atoms with van der Waals surface area (Å²) in [5.74, 6) is -1.12. The van der Waals surface area contributed by atoms with Gasteiger partial charge in [0.05, 0.1) is 5.70 Å². The van der Waals surface area contributed by atoms with E-state index in [2.05, 4.69) is 10.3 Å². The number of allylic oxidation sites excluding steroid dienone is 4. The van der Waals surface area contributed by atoms with Gasteiger partial charge in [-0.05, 0) is 23.5 Å². The monoisotopic (exact) mass is 418 g/mol. The largest absolute Gasteiger partial charge is 0.355 e. The first-order valence-electron chi connectivity index (χ1n) is 9.84. The van der Waals surface area contributed by atoms with Gasteiger partial charge in [0.25, 0.3) is 0 Å². The lowest BCUT2D eigenvalue weighted by Gasteiger charge is -2.40. The van der Waals surface area contributed by atoms with Crippen LogP contribution in [0.5, 0.6) is 0 Å². The number of pyridine rings is 1. The Labute approximate surface area is 178 Å². The molecule has 0 saturated heterocycles. The molecule has 1 aromatic heterocycles. The van der Waals surface area contributed by atoms with Crippen molar-refractivity contribution in [2.45, 2.75) is 32.6 Å². The summed E-state index contributed by atoms with van der Waals surface area (Å²) in [5, 5.41) is 3.52. The third-order valence-corrected chi connectivity index (χ3v) is 6.24. The number of nitrogens with zero attached hydrogens (tertiary/aromatic N) is 1. The molecule has 2 aliphatic carbocycles. The molecule has 5 rings (SSSR count). The Morgan fingerprint density at radius 1 is 0.967 bits per heavy atom. The zero-order valence-corrected chi connectivity index (χ0v) is 17.3. The number of halogens is 1. The van der Waals surface area contributed by atoms with Gasteiger partial charge in [0.1, 0.15) is 5.15 Å².